The van der Waals surface area contributed by atoms with Crippen LogP contribution in [0.5, 0.6) is 0 Å². The molecule has 0 saturated carbocycles. The summed E-state index contributed by atoms with van der Waals surface area (Å²) in [5.74, 6) is -3.08. The predicted molar refractivity (Wildman–Crippen MR) is 106 cm³/mol. The van der Waals surface area contributed by atoms with Crippen LogP contribution in [-0.4, -0.2) is 46.3 Å². The smallest absolute Gasteiger partial charge is 0.408 e. The van der Waals surface area contributed by atoms with E-state index in [-0.39, 0.29) is 6.42 Å². The van der Waals surface area contributed by atoms with E-state index >= 15 is 0 Å². The number of anilines is 1. The first-order valence-electron chi connectivity index (χ1n) is 8.96. The molecule has 0 spiro atoms. The van der Waals surface area contributed by atoms with Gasteiger partial charge in [0.25, 0.3) is 5.92 Å². The number of nitrogens with zero attached hydrogens (tertiary/aromatic N) is 3. The van der Waals surface area contributed by atoms with Gasteiger partial charge in [-0.2, -0.15) is 0 Å². The Morgan fingerprint density at radius 2 is 2.07 bits per heavy atom. The summed E-state index contributed by atoms with van der Waals surface area (Å²) in [6.45, 7) is 5.00. The van der Waals surface area contributed by atoms with Crippen molar-refractivity contribution in [2.24, 2.45) is 0 Å². The molecule has 1 amide bonds. The molecule has 152 valence electrons. The number of amides is 1. The Balaban J connectivity index is 1.70. The Morgan fingerprint density at radius 3 is 2.68 bits per heavy atom. The fourth-order valence-corrected chi connectivity index (χ4v) is 3.39. The van der Waals surface area contributed by atoms with Gasteiger partial charge in [-0.25, -0.2) is 18.6 Å². The number of hydrogen-bond donors (Lipinski definition) is 1. The Hall–Kier alpha value is -2.16. The topological polar surface area (TPSA) is 59.4 Å². The first-order chi connectivity index (χ1) is 13.0. The van der Waals surface area contributed by atoms with E-state index in [1.807, 2.05) is 22.8 Å². The van der Waals surface area contributed by atoms with Crippen LogP contribution in [0.1, 0.15) is 27.2 Å². The van der Waals surface area contributed by atoms with E-state index in [2.05, 4.69) is 26.2 Å². The van der Waals surface area contributed by atoms with E-state index in [4.69, 9.17) is 4.74 Å². The van der Waals surface area contributed by atoms with Crippen molar-refractivity contribution in [3.8, 4) is 5.69 Å². The van der Waals surface area contributed by atoms with E-state index in [1.54, 1.807) is 44.3 Å². The van der Waals surface area contributed by atoms with Crippen LogP contribution in [0, 0.1) is 0 Å². The lowest BCUT2D eigenvalue weighted by Crippen LogP contribution is -2.59. The van der Waals surface area contributed by atoms with Gasteiger partial charge in [0.15, 0.2) is 0 Å². The highest BCUT2D eigenvalue weighted by atomic mass is 79.9. The molecule has 1 unspecified atom stereocenters. The van der Waals surface area contributed by atoms with Gasteiger partial charge in [-0.15, -0.1) is 0 Å². The van der Waals surface area contributed by atoms with Crippen LogP contribution in [0.25, 0.3) is 5.69 Å². The van der Waals surface area contributed by atoms with Crippen molar-refractivity contribution in [3.05, 3.63) is 41.4 Å². The summed E-state index contributed by atoms with van der Waals surface area (Å²) < 4.78 is 37.0. The monoisotopic (exact) mass is 456 g/mol. The number of rotatable bonds is 3. The molecular formula is C19H23BrF2N4O2. The fraction of sp³-hybridized carbons (Fsp3) is 0.474. The number of alkyl carbamates (subject to hydrolysis) is 1. The third-order valence-corrected chi connectivity index (χ3v) is 4.74. The van der Waals surface area contributed by atoms with Gasteiger partial charge in [0.2, 0.25) is 0 Å². The van der Waals surface area contributed by atoms with Crippen LogP contribution < -0.4 is 10.2 Å². The zero-order valence-corrected chi connectivity index (χ0v) is 17.5. The lowest BCUT2D eigenvalue weighted by molar-refractivity contribution is -0.0458. The maximum Gasteiger partial charge on any atom is 0.408 e. The van der Waals surface area contributed by atoms with Crippen molar-refractivity contribution >= 4 is 27.7 Å². The summed E-state index contributed by atoms with van der Waals surface area (Å²) in [6, 6.07) is 6.08. The lowest BCUT2D eigenvalue weighted by Gasteiger charge is -2.40. The van der Waals surface area contributed by atoms with Crippen LogP contribution in [0.4, 0.5) is 19.3 Å². The molecule has 0 radical (unpaired) electrons. The fourth-order valence-electron chi connectivity index (χ4n) is 3.08. The maximum atomic E-state index is 14.7. The molecule has 1 atom stereocenters. The molecule has 3 rings (SSSR count). The van der Waals surface area contributed by atoms with Gasteiger partial charge in [0, 0.05) is 24.1 Å². The Labute approximate surface area is 171 Å². The minimum atomic E-state index is -3.08. The number of carbonyl (C=O) groups is 1. The second-order valence-corrected chi connectivity index (χ2v) is 8.61. The minimum absolute atomic E-state index is 0.118. The lowest BCUT2D eigenvalue weighted by atomic mass is 10.00. The molecule has 1 aliphatic rings. The molecule has 1 saturated heterocycles. The van der Waals surface area contributed by atoms with Crippen LogP contribution in [0.15, 0.2) is 41.4 Å². The zero-order chi connectivity index (χ0) is 20.5. The van der Waals surface area contributed by atoms with Crippen molar-refractivity contribution in [2.45, 2.75) is 44.8 Å². The quantitative estimate of drug-likeness (QED) is 0.744. The van der Waals surface area contributed by atoms with Crippen molar-refractivity contribution < 1.29 is 18.3 Å². The molecule has 1 fully saturated rings. The number of hydrogen-bond acceptors (Lipinski definition) is 4. The number of carbonyl (C=O) groups excluding carboxylic acids is 1. The molecular weight excluding hydrogens is 434 g/mol. The van der Waals surface area contributed by atoms with Crippen LogP contribution in [0.2, 0.25) is 0 Å². The molecule has 1 N–H and O–H groups in total. The summed E-state index contributed by atoms with van der Waals surface area (Å²) >= 11 is 3.30. The van der Waals surface area contributed by atoms with Crippen LogP contribution in [-0.2, 0) is 4.74 Å². The number of imidazole rings is 1. The van der Waals surface area contributed by atoms with Crippen LogP contribution >= 0.6 is 15.9 Å². The van der Waals surface area contributed by atoms with E-state index < -0.39 is 30.2 Å². The summed E-state index contributed by atoms with van der Waals surface area (Å²) in [7, 11) is 0. The molecule has 1 aromatic heterocycles. The Kier molecular flexibility index (Phi) is 5.65. The van der Waals surface area contributed by atoms with Gasteiger partial charge < -0.3 is 19.5 Å². The van der Waals surface area contributed by atoms with Gasteiger partial charge in [0.05, 0.1) is 12.6 Å². The van der Waals surface area contributed by atoms with E-state index in [9.17, 15) is 13.6 Å². The summed E-state index contributed by atoms with van der Waals surface area (Å²) in [4.78, 5) is 17.6. The molecule has 0 bridgehead atoms. The second-order valence-electron chi connectivity index (χ2n) is 7.79. The number of benzene rings is 1. The summed E-state index contributed by atoms with van der Waals surface area (Å²) in [6.07, 6.45) is 2.74. The molecule has 28 heavy (non-hydrogen) atoms. The molecule has 6 nitrogen and oxygen atoms in total. The highest BCUT2D eigenvalue weighted by Gasteiger charge is 2.46. The number of nitrogens with one attached hydrogen (secondary N) is 1. The second kappa shape index (κ2) is 7.69. The van der Waals surface area contributed by atoms with E-state index in [0.29, 0.717) is 16.8 Å². The molecule has 2 heterocycles. The van der Waals surface area contributed by atoms with Gasteiger partial charge in [0.1, 0.15) is 16.5 Å². The van der Waals surface area contributed by atoms with Gasteiger partial charge in [-0.1, -0.05) is 6.07 Å². The van der Waals surface area contributed by atoms with E-state index in [1.165, 1.54) is 0 Å². The molecule has 9 heteroatoms. The van der Waals surface area contributed by atoms with Crippen LogP contribution in [0.3, 0.4) is 0 Å². The third-order valence-electron chi connectivity index (χ3n) is 4.33. The highest BCUT2D eigenvalue weighted by Crippen LogP contribution is 2.31. The van der Waals surface area contributed by atoms with E-state index in [0.717, 1.165) is 5.69 Å². The van der Waals surface area contributed by atoms with Gasteiger partial charge in [-0.3, -0.25) is 0 Å². The van der Waals surface area contributed by atoms with Crippen molar-refractivity contribution in [2.75, 3.05) is 18.0 Å². The molecule has 0 aliphatic carbocycles. The SMILES string of the molecule is CC(C)(C)OC(=O)NC1CCN(c2cccc(-n3cnc(Br)c3)c2)CC1(F)F. The number of alkyl halides is 2. The average molecular weight is 457 g/mol. The first kappa shape index (κ1) is 20.6. The number of piperidine rings is 1. The third kappa shape index (κ3) is 5.01. The Morgan fingerprint density at radius 1 is 1.36 bits per heavy atom. The number of aromatic nitrogens is 2. The number of halogens is 3. The summed E-state index contributed by atoms with van der Waals surface area (Å²) in [5, 5.41) is 2.32. The van der Waals surface area contributed by atoms with Crippen molar-refractivity contribution in [1.29, 1.82) is 0 Å². The summed E-state index contributed by atoms with van der Waals surface area (Å²) in [5.41, 5.74) is 0.786. The minimum Gasteiger partial charge on any atom is -0.444 e. The van der Waals surface area contributed by atoms with Crippen molar-refractivity contribution in [3.63, 3.8) is 0 Å². The molecule has 1 aromatic carbocycles. The molecule has 1 aliphatic heterocycles. The largest absolute Gasteiger partial charge is 0.444 e. The standard InChI is InChI=1S/C19H23BrF2N4O2/c1-18(2,3)28-17(27)24-15-7-8-25(11-19(15,21)22)13-5-4-6-14(9-13)26-10-16(20)23-12-26/h4-6,9-10,12,15H,7-8,11H2,1-3H3,(H,24,27). The highest BCUT2D eigenvalue weighted by molar-refractivity contribution is 9.10. The normalized spacial score (nSPS) is 19.4. The zero-order valence-electron chi connectivity index (χ0n) is 16.0. The van der Waals surface area contributed by atoms with Gasteiger partial charge >= 0.3 is 6.09 Å². The average Bonchev–Trinajstić information content (AvgIpc) is 3.01. The predicted octanol–water partition coefficient (Wildman–Crippen LogP) is 4.37. The maximum absolute atomic E-state index is 14.7. The van der Waals surface area contributed by atoms with Crippen molar-refractivity contribution in [1.82, 2.24) is 14.9 Å². The Bertz CT molecular complexity index is 850. The number of ether oxygens (including phenoxy) is 1. The first-order valence-corrected chi connectivity index (χ1v) is 9.75. The van der Waals surface area contributed by atoms with Gasteiger partial charge in [-0.05, 0) is 61.3 Å². The molecule has 2 aromatic rings.